The summed E-state index contributed by atoms with van der Waals surface area (Å²) in [6.07, 6.45) is 62.2. The maximum Gasteiger partial charge on any atom is 0.306 e. The second-order valence-electron chi connectivity index (χ2n) is 18.5. The van der Waals surface area contributed by atoms with Crippen LogP contribution in [0, 0.1) is 0 Å². The number of ether oxygens (including phenoxy) is 2. The minimum absolute atomic E-state index is 0.0153. The van der Waals surface area contributed by atoms with Crippen molar-refractivity contribution in [1.29, 1.82) is 0 Å². The van der Waals surface area contributed by atoms with Gasteiger partial charge in [0, 0.05) is 13.0 Å². The summed E-state index contributed by atoms with van der Waals surface area (Å²) < 4.78 is 34.7. The first kappa shape index (κ1) is 61.9. The number of hydrogen-bond donors (Lipinski definition) is 0. The van der Waals surface area contributed by atoms with Gasteiger partial charge in [-0.25, -0.2) is 0 Å². The van der Waals surface area contributed by atoms with E-state index >= 15 is 0 Å². The van der Waals surface area contributed by atoms with Crippen molar-refractivity contribution in [3.8, 4) is 0 Å². The maximum atomic E-state index is 12.7. The molecule has 0 aromatic heterocycles. The molecule has 372 valence electrons. The molecule has 0 saturated heterocycles. The molecular formula is C55H100NO7P. The molecule has 0 aliphatic rings. The summed E-state index contributed by atoms with van der Waals surface area (Å²) in [5.41, 5.74) is 0. The number of rotatable bonds is 48. The first-order chi connectivity index (χ1) is 31.1. The highest BCUT2D eigenvalue weighted by Crippen LogP contribution is 2.38. The number of hydrogen-bond acceptors (Lipinski definition) is 7. The van der Waals surface area contributed by atoms with Gasteiger partial charge in [-0.2, -0.15) is 0 Å². The highest BCUT2D eigenvalue weighted by molar-refractivity contribution is 7.45. The van der Waals surface area contributed by atoms with Gasteiger partial charge in [-0.15, -0.1) is 0 Å². The highest BCUT2D eigenvalue weighted by Gasteiger charge is 2.20. The average molecular weight is 918 g/mol. The zero-order valence-electron chi connectivity index (χ0n) is 42.2. The number of phosphoric acid groups is 1. The van der Waals surface area contributed by atoms with Gasteiger partial charge >= 0.3 is 5.97 Å². The molecular weight excluding hydrogens is 818 g/mol. The fourth-order valence-electron chi connectivity index (χ4n) is 7.02. The Labute approximate surface area is 395 Å². The van der Waals surface area contributed by atoms with Crippen molar-refractivity contribution in [1.82, 2.24) is 0 Å². The summed E-state index contributed by atoms with van der Waals surface area (Å²) in [4.78, 5) is 25.2. The SMILES string of the molecule is CC/C=C\C/C=C\C/C=C\C/C=C\C/C=C\C/C=C\CCCCC(=O)OC(COCCCCCCCCCCCCCCCCCCCCCCC)COP(=O)([O-])OCC[N+](C)(C)C. The second-order valence-corrected chi connectivity index (χ2v) is 19.9. The zero-order chi connectivity index (χ0) is 46.9. The molecule has 0 aromatic carbocycles. The first-order valence-electron chi connectivity index (χ1n) is 26.2. The lowest BCUT2D eigenvalue weighted by atomic mass is 10.0. The number of phosphoric ester groups is 1. The van der Waals surface area contributed by atoms with Gasteiger partial charge in [0.15, 0.2) is 0 Å². The van der Waals surface area contributed by atoms with Gasteiger partial charge < -0.3 is 27.9 Å². The molecule has 0 spiro atoms. The van der Waals surface area contributed by atoms with Crippen LogP contribution in [0.2, 0.25) is 0 Å². The Morgan fingerprint density at radius 2 is 0.906 bits per heavy atom. The van der Waals surface area contributed by atoms with E-state index in [2.05, 4.69) is 86.8 Å². The van der Waals surface area contributed by atoms with Crippen molar-refractivity contribution < 1.29 is 37.3 Å². The van der Waals surface area contributed by atoms with Crippen molar-refractivity contribution in [3.05, 3.63) is 72.9 Å². The Kier molecular flexibility index (Phi) is 45.9. The number of carbonyl (C=O) groups excluding carboxylic acids is 1. The minimum Gasteiger partial charge on any atom is -0.756 e. The van der Waals surface area contributed by atoms with Crippen LogP contribution in [0.5, 0.6) is 0 Å². The van der Waals surface area contributed by atoms with Gasteiger partial charge in [-0.3, -0.25) is 9.36 Å². The molecule has 0 aliphatic heterocycles. The molecule has 64 heavy (non-hydrogen) atoms. The van der Waals surface area contributed by atoms with E-state index in [1.807, 2.05) is 21.1 Å². The monoisotopic (exact) mass is 918 g/mol. The molecule has 9 heteroatoms. The average Bonchev–Trinajstić information content (AvgIpc) is 3.25. The summed E-state index contributed by atoms with van der Waals surface area (Å²) >= 11 is 0. The molecule has 0 fully saturated rings. The van der Waals surface area contributed by atoms with Crippen molar-refractivity contribution in [2.24, 2.45) is 0 Å². The second kappa shape index (κ2) is 47.4. The number of likely N-dealkylation sites (N-methyl/N-ethyl adjacent to an activating group) is 1. The van der Waals surface area contributed by atoms with E-state index in [0.29, 0.717) is 24.1 Å². The van der Waals surface area contributed by atoms with E-state index in [-0.39, 0.29) is 32.2 Å². The van der Waals surface area contributed by atoms with Crippen molar-refractivity contribution in [2.45, 2.75) is 219 Å². The molecule has 0 amide bonds. The molecule has 0 aromatic rings. The molecule has 0 rings (SSSR count). The van der Waals surface area contributed by atoms with Gasteiger partial charge in [0.25, 0.3) is 7.82 Å². The Bertz CT molecular complexity index is 1250. The van der Waals surface area contributed by atoms with E-state index < -0.39 is 13.9 Å². The molecule has 0 heterocycles. The molecule has 0 N–H and O–H groups in total. The van der Waals surface area contributed by atoms with Crippen LogP contribution in [0.1, 0.15) is 213 Å². The third kappa shape index (κ3) is 50.9. The molecule has 2 atom stereocenters. The Hall–Kier alpha value is -2.06. The summed E-state index contributed by atoms with van der Waals surface area (Å²) in [7, 11) is 1.32. The van der Waals surface area contributed by atoms with Crippen molar-refractivity contribution >= 4 is 13.8 Å². The highest BCUT2D eigenvalue weighted by atomic mass is 31.2. The lowest BCUT2D eigenvalue weighted by molar-refractivity contribution is -0.870. The van der Waals surface area contributed by atoms with Crippen LogP contribution in [-0.2, 0) is 27.9 Å². The number of quaternary nitrogens is 1. The predicted molar refractivity (Wildman–Crippen MR) is 272 cm³/mol. The van der Waals surface area contributed by atoms with Crippen LogP contribution >= 0.6 is 7.82 Å². The number of esters is 1. The molecule has 8 nitrogen and oxygen atoms in total. The summed E-state index contributed by atoms with van der Waals surface area (Å²) in [5, 5.41) is 0. The van der Waals surface area contributed by atoms with Gasteiger partial charge in [-0.05, 0) is 64.2 Å². The fourth-order valence-corrected chi connectivity index (χ4v) is 7.75. The molecule has 0 saturated carbocycles. The van der Waals surface area contributed by atoms with Crippen LogP contribution < -0.4 is 4.89 Å². The number of carbonyl (C=O) groups is 1. The van der Waals surface area contributed by atoms with E-state index in [4.69, 9.17) is 18.5 Å². The quantitative estimate of drug-likeness (QED) is 0.0197. The van der Waals surface area contributed by atoms with Gasteiger partial charge in [-0.1, -0.05) is 215 Å². The summed E-state index contributed by atoms with van der Waals surface area (Å²) in [6, 6.07) is 0. The Balaban J connectivity index is 4.21. The Morgan fingerprint density at radius 1 is 0.500 bits per heavy atom. The Morgan fingerprint density at radius 3 is 1.33 bits per heavy atom. The van der Waals surface area contributed by atoms with Gasteiger partial charge in [0.05, 0.1) is 34.4 Å². The summed E-state index contributed by atoms with van der Waals surface area (Å²) in [6.45, 7) is 5.26. The van der Waals surface area contributed by atoms with Crippen molar-refractivity contribution in [2.75, 3.05) is 54.1 Å². The van der Waals surface area contributed by atoms with Crippen LogP contribution in [-0.4, -0.2) is 70.7 Å². The van der Waals surface area contributed by atoms with Crippen LogP contribution in [0.4, 0.5) is 0 Å². The third-order valence-corrected chi connectivity index (χ3v) is 12.0. The third-order valence-electron chi connectivity index (χ3n) is 11.0. The van der Waals surface area contributed by atoms with Crippen molar-refractivity contribution in [3.63, 3.8) is 0 Å². The van der Waals surface area contributed by atoms with Crippen LogP contribution in [0.15, 0.2) is 72.9 Å². The van der Waals surface area contributed by atoms with Gasteiger partial charge in [0.1, 0.15) is 19.3 Å². The van der Waals surface area contributed by atoms with E-state index in [9.17, 15) is 14.3 Å². The number of nitrogens with zero attached hydrogens (tertiary/aromatic N) is 1. The topological polar surface area (TPSA) is 94.1 Å². The molecule has 0 bridgehead atoms. The standard InChI is InChI=1S/C55H100NO7P/c1-6-8-10-12-14-16-18-20-22-24-26-28-30-32-34-36-38-40-42-44-46-48-55(57)63-54(53-62-64(58,59)61-51-49-56(3,4)5)52-60-50-47-45-43-41-39-37-35-33-31-29-27-25-23-21-19-17-15-13-11-9-7-2/h8,10,14,16,20,22,26,28,32,34,38,40,54H,6-7,9,11-13,15,17-19,21,23-25,27,29-31,33,35-37,39,41-53H2,1-5H3/b10-8-,16-14-,22-20-,28-26-,34-32-,40-38-. The van der Waals surface area contributed by atoms with E-state index in [1.54, 1.807) is 0 Å². The largest absolute Gasteiger partial charge is 0.756 e. The van der Waals surface area contributed by atoms with E-state index in [0.717, 1.165) is 64.2 Å². The lowest BCUT2D eigenvalue weighted by Crippen LogP contribution is -2.37. The molecule has 0 aliphatic carbocycles. The minimum atomic E-state index is -4.55. The lowest BCUT2D eigenvalue weighted by Gasteiger charge is -2.28. The van der Waals surface area contributed by atoms with Crippen LogP contribution in [0.25, 0.3) is 0 Å². The number of allylic oxidation sites excluding steroid dienone is 12. The number of unbranched alkanes of at least 4 members (excludes halogenated alkanes) is 22. The van der Waals surface area contributed by atoms with Crippen LogP contribution in [0.3, 0.4) is 0 Å². The molecule has 0 radical (unpaired) electrons. The predicted octanol–water partition coefficient (Wildman–Crippen LogP) is 15.6. The normalized spacial score (nSPS) is 14.2. The zero-order valence-corrected chi connectivity index (χ0v) is 43.1. The summed E-state index contributed by atoms with van der Waals surface area (Å²) in [5.74, 6) is -0.374. The molecule has 2 unspecified atom stereocenters. The first-order valence-corrected chi connectivity index (χ1v) is 27.6. The smallest absolute Gasteiger partial charge is 0.306 e. The van der Waals surface area contributed by atoms with E-state index in [1.165, 1.54) is 122 Å². The van der Waals surface area contributed by atoms with Gasteiger partial charge in [0.2, 0.25) is 0 Å². The fraction of sp³-hybridized carbons (Fsp3) is 0.764. The maximum absolute atomic E-state index is 12.7.